The number of rotatable bonds is 1. The summed E-state index contributed by atoms with van der Waals surface area (Å²) < 4.78 is 51.5. The van der Waals surface area contributed by atoms with Crippen molar-refractivity contribution >= 4 is 15.9 Å². The van der Waals surface area contributed by atoms with Crippen molar-refractivity contribution in [2.75, 3.05) is 0 Å². The van der Waals surface area contributed by atoms with Crippen LogP contribution in [0.15, 0.2) is 34.9 Å². The van der Waals surface area contributed by atoms with Gasteiger partial charge in [0.25, 0.3) is 0 Å². The van der Waals surface area contributed by atoms with Crippen molar-refractivity contribution < 1.29 is 17.6 Å². The zero-order valence-electron chi connectivity index (χ0n) is 8.17. The highest BCUT2D eigenvalue weighted by atomic mass is 79.9. The highest BCUT2D eigenvalue weighted by Crippen LogP contribution is 2.35. The molecule has 90 valence electrons. The van der Waals surface area contributed by atoms with Gasteiger partial charge in [-0.05, 0) is 40.2 Å². The van der Waals surface area contributed by atoms with Crippen LogP contribution in [0.5, 0.6) is 0 Å². The van der Waals surface area contributed by atoms with Gasteiger partial charge in [-0.15, -0.1) is 0 Å². The summed E-state index contributed by atoms with van der Waals surface area (Å²) in [5.41, 5.74) is -0.784. The Labute approximate surface area is 102 Å². The second-order valence-electron chi connectivity index (χ2n) is 3.23. The Morgan fingerprint density at radius 1 is 1.12 bits per heavy atom. The van der Waals surface area contributed by atoms with Gasteiger partial charge >= 0.3 is 6.18 Å². The minimum absolute atomic E-state index is 0.143. The molecular formula is C10H5BrF4N2. The Kier molecular flexibility index (Phi) is 2.94. The van der Waals surface area contributed by atoms with Crippen LogP contribution in [-0.4, -0.2) is 9.78 Å². The quantitative estimate of drug-likeness (QED) is 0.733. The predicted octanol–water partition coefficient (Wildman–Crippen LogP) is 3.79. The van der Waals surface area contributed by atoms with Crippen molar-refractivity contribution in [3.63, 3.8) is 0 Å². The van der Waals surface area contributed by atoms with Gasteiger partial charge in [-0.25, -0.2) is 9.07 Å². The van der Waals surface area contributed by atoms with Crippen LogP contribution in [0.3, 0.4) is 0 Å². The molecule has 0 amide bonds. The molecule has 2 nitrogen and oxygen atoms in total. The lowest BCUT2D eigenvalue weighted by atomic mass is 10.3. The van der Waals surface area contributed by atoms with Crippen LogP contribution in [0.4, 0.5) is 17.6 Å². The summed E-state index contributed by atoms with van der Waals surface area (Å²) in [7, 11) is 0. The zero-order chi connectivity index (χ0) is 12.6. The van der Waals surface area contributed by atoms with E-state index < -0.39 is 17.7 Å². The Morgan fingerprint density at radius 2 is 1.71 bits per heavy atom. The van der Waals surface area contributed by atoms with Gasteiger partial charge in [0.05, 0.1) is 16.4 Å². The predicted molar refractivity (Wildman–Crippen MR) is 56.2 cm³/mol. The molecule has 0 fully saturated rings. The SMILES string of the molecule is Fc1ccc(-n2ncc(Br)c2C(F)(F)F)cc1. The molecule has 0 bridgehead atoms. The molecule has 17 heavy (non-hydrogen) atoms. The molecule has 7 heteroatoms. The first kappa shape index (κ1) is 12.1. The first-order valence-corrected chi connectivity index (χ1v) is 5.25. The Balaban J connectivity index is 2.57. The van der Waals surface area contributed by atoms with Gasteiger partial charge in [0.2, 0.25) is 0 Å². The summed E-state index contributed by atoms with van der Waals surface area (Å²) in [6, 6.07) is 4.60. The Morgan fingerprint density at radius 3 is 2.24 bits per heavy atom. The van der Waals surface area contributed by atoms with Crippen LogP contribution in [0.2, 0.25) is 0 Å². The molecule has 0 aliphatic rings. The number of alkyl halides is 3. The van der Waals surface area contributed by atoms with E-state index in [4.69, 9.17) is 0 Å². The number of nitrogens with zero attached hydrogens (tertiary/aromatic N) is 2. The third-order valence-electron chi connectivity index (χ3n) is 2.06. The average Bonchev–Trinajstić information content (AvgIpc) is 2.61. The van der Waals surface area contributed by atoms with Crippen LogP contribution in [0.25, 0.3) is 5.69 Å². The van der Waals surface area contributed by atoms with Crippen molar-refractivity contribution in [1.82, 2.24) is 9.78 Å². The lowest BCUT2D eigenvalue weighted by Gasteiger charge is -2.10. The summed E-state index contributed by atoms with van der Waals surface area (Å²) >= 11 is 2.79. The van der Waals surface area contributed by atoms with E-state index in [-0.39, 0.29) is 10.2 Å². The van der Waals surface area contributed by atoms with Gasteiger partial charge in [0, 0.05) is 0 Å². The Bertz CT molecular complexity index is 530. The minimum atomic E-state index is -4.54. The molecule has 0 aliphatic carbocycles. The fourth-order valence-corrected chi connectivity index (χ4v) is 1.85. The average molecular weight is 309 g/mol. The van der Waals surface area contributed by atoms with Crippen molar-refractivity contribution in [1.29, 1.82) is 0 Å². The van der Waals surface area contributed by atoms with Gasteiger partial charge in [-0.1, -0.05) is 0 Å². The number of halogens is 5. The van der Waals surface area contributed by atoms with E-state index in [0.717, 1.165) is 18.3 Å². The standard InChI is InChI=1S/C10H5BrF4N2/c11-8-5-16-17(9(8)10(13,14)15)7-3-1-6(12)2-4-7/h1-5H. The second-order valence-corrected chi connectivity index (χ2v) is 4.08. The number of aromatic nitrogens is 2. The molecule has 1 aromatic heterocycles. The van der Waals surface area contributed by atoms with E-state index in [2.05, 4.69) is 21.0 Å². The second kappa shape index (κ2) is 4.14. The minimum Gasteiger partial charge on any atom is -0.227 e. The maximum Gasteiger partial charge on any atom is 0.434 e. The van der Waals surface area contributed by atoms with E-state index in [1.54, 1.807) is 0 Å². The summed E-state index contributed by atoms with van der Waals surface area (Å²) in [5, 5.41) is 3.61. The highest BCUT2D eigenvalue weighted by Gasteiger charge is 2.38. The molecule has 2 rings (SSSR count). The molecule has 2 aromatic rings. The van der Waals surface area contributed by atoms with E-state index >= 15 is 0 Å². The van der Waals surface area contributed by atoms with Gasteiger partial charge in [0.15, 0.2) is 5.69 Å². The molecule has 0 radical (unpaired) electrons. The van der Waals surface area contributed by atoms with Crippen LogP contribution in [-0.2, 0) is 6.18 Å². The van der Waals surface area contributed by atoms with E-state index in [1.165, 1.54) is 12.1 Å². The molecule has 0 unspecified atom stereocenters. The van der Waals surface area contributed by atoms with E-state index in [0.29, 0.717) is 4.68 Å². The summed E-state index contributed by atoms with van der Waals surface area (Å²) in [6.45, 7) is 0. The fourth-order valence-electron chi connectivity index (χ4n) is 1.36. The molecule has 0 atom stereocenters. The van der Waals surface area contributed by atoms with Gasteiger partial charge in [-0.3, -0.25) is 0 Å². The molecule has 1 aromatic carbocycles. The highest BCUT2D eigenvalue weighted by molar-refractivity contribution is 9.10. The van der Waals surface area contributed by atoms with E-state index in [9.17, 15) is 17.6 Å². The Hall–Kier alpha value is -1.37. The largest absolute Gasteiger partial charge is 0.434 e. The topological polar surface area (TPSA) is 17.8 Å². The van der Waals surface area contributed by atoms with Gasteiger partial charge < -0.3 is 0 Å². The van der Waals surface area contributed by atoms with Crippen LogP contribution in [0.1, 0.15) is 5.69 Å². The van der Waals surface area contributed by atoms with Gasteiger partial charge in [0.1, 0.15) is 5.82 Å². The van der Waals surface area contributed by atoms with Crippen molar-refractivity contribution in [2.45, 2.75) is 6.18 Å². The molecule has 0 saturated heterocycles. The molecular weight excluding hydrogens is 304 g/mol. The monoisotopic (exact) mass is 308 g/mol. The summed E-state index contributed by atoms with van der Waals surface area (Å²) in [4.78, 5) is 0. The normalized spacial score (nSPS) is 11.8. The molecule has 0 aliphatic heterocycles. The third kappa shape index (κ3) is 2.33. The number of hydrogen-bond donors (Lipinski definition) is 0. The third-order valence-corrected chi connectivity index (χ3v) is 2.64. The zero-order valence-corrected chi connectivity index (χ0v) is 9.76. The van der Waals surface area contributed by atoms with Crippen LogP contribution in [0, 0.1) is 5.82 Å². The maximum absolute atomic E-state index is 12.7. The van der Waals surface area contributed by atoms with E-state index in [1.807, 2.05) is 0 Å². The fraction of sp³-hybridized carbons (Fsp3) is 0.100. The molecule has 0 saturated carbocycles. The van der Waals surface area contributed by atoms with Gasteiger partial charge in [-0.2, -0.15) is 18.3 Å². The van der Waals surface area contributed by atoms with Crippen LogP contribution < -0.4 is 0 Å². The van der Waals surface area contributed by atoms with Crippen LogP contribution >= 0.6 is 15.9 Å². The smallest absolute Gasteiger partial charge is 0.227 e. The first-order chi connectivity index (χ1) is 7.89. The summed E-state index contributed by atoms with van der Waals surface area (Å²) in [6.07, 6.45) is -3.49. The number of benzene rings is 1. The molecule has 0 spiro atoms. The first-order valence-electron chi connectivity index (χ1n) is 4.46. The van der Waals surface area contributed by atoms with Crippen molar-refractivity contribution in [3.05, 3.63) is 46.4 Å². The molecule has 1 heterocycles. The molecule has 0 N–H and O–H groups in total. The van der Waals surface area contributed by atoms with Crippen molar-refractivity contribution in [3.8, 4) is 5.69 Å². The number of hydrogen-bond acceptors (Lipinski definition) is 1. The summed E-state index contributed by atoms with van der Waals surface area (Å²) in [5.74, 6) is -0.520. The lowest BCUT2D eigenvalue weighted by Crippen LogP contribution is -2.13. The maximum atomic E-state index is 12.7. The lowest BCUT2D eigenvalue weighted by molar-refractivity contribution is -0.143. The van der Waals surface area contributed by atoms with Crippen molar-refractivity contribution in [2.24, 2.45) is 0 Å².